The summed E-state index contributed by atoms with van der Waals surface area (Å²) in [6.07, 6.45) is 3.61. The zero-order valence-electron chi connectivity index (χ0n) is 7.50. The van der Waals surface area contributed by atoms with Crippen molar-refractivity contribution in [2.75, 3.05) is 13.7 Å². The molecular formula is C9H14O3. The van der Waals surface area contributed by atoms with Crippen molar-refractivity contribution in [3.63, 3.8) is 0 Å². The average Bonchev–Trinajstić information content (AvgIpc) is 2.52. The lowest BCUT2D eigenvalue weighted by atomic mass is 10.2. The largest absolute Gasteiger partial charge is 0.466 e. The van der Waals surface area contributed by atoms with Crippen LogP contribution in [0.2, 0.25) is 0 Å². The maximum Gasteiger partial charge on any atom is 0.333 e. The summed E-state index contributed by atoms with van der Waals surface area (Å²) in [6.45, 7) is 2.66. The predicted molar refractivity (Wildman–Crippen MR) is 44.7 cm³/mol. The van der Waals surface area contributed by atoms with Crippen LogP contribution in [-0.2, 0) is 14.3 Å². The summed E-state index contributed by atoms with van der Waals surface area (Å²) in [4.78, 5) is 11.0. The van der Waals surface area contributed by atoms with Crippen LogP contribution in [-0.4, -0.2) is 25.8 Å². The normalized spacial score (nSPS) is 22.2. The van der Waals surface area contributed by atoms with Gasteiger partial charge in [-0.2, -0.15) is 0 Å². The lowest BCUT2D eigenvalue weighted by Gasteiger charge is -2.08. The van der Waals surface area contributed by atoms with E-state index in [-0.39, 0.29) is 12.1 Å². The van der Waals surface area contributed by atoms with E-state index in [9.17, 15) is 4.79 Å². The minimum Gasteiger partial charge on any atom is -0.466 e. The Bertz CT molecular complexity index is 196. The molecule has 1 aliphatic carbocycles. The SMILES string of the molecule is CCO[C@H]1CC=C(C(=O)OC)C1. The van der Waals surface area contributed by atoms with Gasteiger partial charge in [-0.15, -0.1) is 0 Å². The smallest absolute Gasteiger partial charge is 0.333 e. The van der Waals surface area contributed by atoms with E-state index in [4.69, 9.17) is 4.74 Å². The fourth-order valence-electron chi connectivity index (χ4n) is 1.35. The molecule has 0 aromatic rings. The molecule has 0 aromatic carbocycles. The van der Waals surface area contributed by atoms with Crippen LogP contribution in [0.15, 0.2) is 11.6 Å². The van der Waals surface area contributed by atoms with Crippen molar-refractivity contribution < 1.29 is 14.3 Å². The summed E-state index contributed by atoms with van der Waals surface area (Å²) in [7, 11) is 1.40. The Kier molecular flexibility index (Phi) is 3.29. The quantitative estimate of drug-likeness (QED) is 0.598. The maximum atomic E-state index is 11.0. The molecule has 1 atom stereocenters. The van der Waals surface area contributed by atoms with Crippen LogP contribution in [0.4, 0.5) is 0 Å². The highest BCUT2D eigenvalue weighted by Gasteiger charge is 2.22. The standard InChI is InChI=1S/C9H14O3/c1-3-12-8-5-4-7(6-8)9(10)11-2/h4,8H,3,5-6H2,1-2H3/t8-/m0/s1. The second-order valence-corrected chi connectivity index (χ2v) is 2.74. The lowest BCUT2D eigenvalue weighted by Crippen LogP contribution is -2.11. The molecule has 0 saturated carbocycles. The van der Waals surface area contributed by atoms with Gasteiger partial charge in [-0.1, -0.05) is 6.08 Å². The summed E-state index contributed by atoms with van der Waals surface area (Å²) in [6, 6.07) is 0. The van der Waals surface area contributed by atoms with Gasteiger partial charge in [-0.25, -0.2) is 4.79 Å². The number of ether oxygens (including phenoxy) is 2. The second-order valence-electron chi connectivity index (χ2n) is 2.74. The van der Waals surface area contributed by atoms with Gasteiger partial charge in [0.2, 0.25) is 0 Å². The summed E-state index contributed by atoms with van der Waals surface area (Å²) < 4.78 is 9.97. The Labute approximate surface area is 72.4 Å². The summed E-state index contributed by atoms with van der Waals surface area (Å²) in [5.41, 5.74) is 0.746. The first-order chi connectivity index (χ1) is 5.77. The predicted octanol–water partition coefficient (Wildman–Crippen LogP) is 1.28. The van der Waals surface area contributed by atoms with Crippen molar-refractivity contribution >= 4 is 5.97 Å². The number of carbonyl (C=O) groups excluding carboxylic acids is 1. The van der Waals surface area contributed by atoms with Crippen molar-refractivity contribution in [1.29, 1.82) is 0 Å². The van der Waals surface area contributed by atoms with Gasteiger partial charge in [0.05, 0.1) is 13.2 Å². The minimum atomic E-state index is -0.225. The topological polar surface area (TPSA) is 35.5 Å². The van der Waals surface area contributed by atoms with Crippen LogP contribution in [0.5, 0.6) is 0 Å². The molecule has 0 fully saturated rings. The van der Waals surface area contributed by atoms with E-state index in [1.165, 1.54) is 7.11 Å². The molecular weight excluding hydrogens is 156 g/mol. The molecule has 12 heavy (non-hydrogen) atoms. The van der Waals surface area contributed by atoms with E-state index < -0.39 is 0 Å². The number of carbonyl (C=O) groups is 1. The first kappa shape index (κ1) is 9.26. The number of hydrogen-bond acceptors (Lipinski definition) is 3. The molecule has 1 rings (SSSR count). The van der Waals surface area contributed by atoms with Crippen molar-refractivity contribution in [2.45, 2.75) is 25.9 Å². The number of rotatable bonds is 3. The molecule has 3 heteroatoms. The Hall–Kier alpha value is -0.830. The molecule has 0 aromatic heterocycles. The molecule has 0 bridgehead atoms. The molecule has 3 nitrogen and oxygen atoms in total. The van der Waals surface area contributed by atoms with Crippen LogP contribution in [0.1, 0.15) is 19.8 Å². The Morgan fingerprint density at radius 1 is 1.75 bits per heavy atom. The lowest BCUT2D eigenvalue weighted by molar-refractivity contribution is -0.136. The average molecular weight is 170 g/mol. The summed E-state index contributed by atoms with van der Waals surface area (Å²) in [5.74, 6) is -0.225. The fraction of sp³-hybridized carbons (Fsp3) is 0.667. The Balaban J connectivity index is 2.38. The van der Waals surface area contributed by atoms with Crippen molar-refractivity contribution in [3.8, 4) is 0 Å². The monoisotopic (exact) mass is 170 g/mol. The third-order valence-corrected chi connectivity index (χ3v) is 1.92. The highest BCUT2D eigenvalue weighted by Crippen LogP contribution is 2.22. The Morgan fingerprint density at radius 3 is 3.08 bits per heavy atom. The summed E-state index contributed by atoms with van der Waals surface area (Å²) >= 11 is 0. The Morgan fingerprint density at radius 2 is 2.50 bits per heavy atom. The second kappa shape index (κ2) is 4.26. The minimum absolute atomic E-state index is 0.184. The van der Waals surface area contributed by atoms with Gasteiger partial charge in [0, 0.05) is 18.6 Å². The molecule has 0 spiro atoms. The molecule has 0 unspecified atom stereocenters. The molecule has 0 aliphatic heterocycles. The van der Waals surface area contributed by atoms with E-state index in [0.717, 1.165) is 12.0 Å². The van der Waals surface area contributed by atoms with E-state index in [1.54, 1.807) is 0 Å². The number of esters is 1. The molecule has 0 N–H and O–H groups in total. The van der Waals surface area contributed by atoms with Gasteiger partial charge in [-0.05, 0) is 13.3 Å². The first-order valence-electron chi connectivity index (χ1n) is 4.16. The third kappa shape index (κ3) is 2.08. The fourth-order valence-corrected chi connectivity index (χ4v) is 1.35. The molecule has 1 aliphatic rings. The van der Waals surface area contributed by atoms with E-state index >= 15 is 0 Å². The van der Waals surface area contributed by atoms with Crippen LogP contribution >= 0.6 is 0 Å². The van der Waals surface area contributed by atoms with Crippen LogP contribution < -0.4 is 0 Å². The maximum absolute atomic E-state index is 11.0. The van der Waals surface area contributed by atoms with Gasteiger partial charge in [0.1, 0.15) is 0 Å². The number of methoxy groups -OCH3 is 1. The zero-order chi connectivity index (χ0) is 8.97. The van der Waals surface area contributed by atoms with Crippen LogP contribution in [0, 0.1) is 0 Å². The van der Waals surface area contributed by atoms with Crippen LogP contribution in [0.3, 0.4) is 0 Å². The van der Waals surface area contributed by atoms with E-state index in [0.29, 0.717) is 13.0 Å². The van der Waals surface area contributed by atoms with Gasteiger partial charge >= 0.3 is 5.97 Å². The molecule has 0 heterocycles. The van der Waals surface area contributed by atoms with Gasteiger partial charge < -0.3 is 9.47 Å². The van der Waals surface area contributed by atoms with Gasteiger partial charge in [0.15, 0.2) is 0 Å². The molecule has 0 saturated heterocycles. The number of hydrogen-bond donors (Lipinski definition) is 0. The molecule has 68 valence electrons. The first-order valence-corrected chi connectivity index (χ1v) is 4.16. The van der Waals surface area contributed by atoms with Gasteiger partial charge in [-0.3, -0.25) is 0 Å². The molecule has 0 radical (unpaired) electrons. The van der Waals surface area contributed by atoms with Crippen molar-refractivity contribution in [2.24, 2.45) is 0 Å². The van der Waals surface area contributed by atoms with Crippen molar-refractivity contribution in [3.05, 3.63) is 11.6 Å². The third-order valence-electron chi connectivity index (χ3n) is 1.92. The molecule has 0 amide bonds. The van der Waals surface area contributed by atoms with E-state index in [1.807, 2.05) is 13.0 Å². The zero-order valence-corrected chi connectivity index (χ0v) is 7.50. The summed E-state index contributed by atoms with van der Waals surface area (Å²) in [5, 5.41) is 0. The van der Waals surface area contributed by atoms with Gasteiger partial charge in [0.25, 0.3) is 0 Å². The van der Waals surface area contributed by atoms with Crippen LogP contribution in [0.25, 0.3) is 0 Å². The highest BCUT2D eigenvalue weighted by molar-refractivity contribution is 5.88. The highest BCUT2D eigenvalue weighted by atomic mass is 16.5. The van der Waals surface area contributed by atoms with Crippen molar-refractivity contribution in [1.82, 2.24) is 0 Å². The van der Waals surface area contributed by atoms with E-state index in [2.05, 4.69) is 4.74 Å².